The number of carbonyl (C=O) groups excluding carboxylic acids is 2. The Bertz CT molecular complexity index is 940. The van der Waals surface area contributed by atoms with Gasteiger partial charge in [-0.05, 0) is 56.2 Å². The summed E-state index contributed by atoms with van der Waals surface area (Å²) >= 11 is 0. The number of furan rings is 1. The third kappa shape index (κ3) is 3.22. The van der Waals surface area contributed by atoms with E-state index < -0.39 is 23.5 Å². The van der Waals surface area contributed by atoms with E-state index in [0.717, 1.165) is 12.8 Å². The first kappa shape index (κ1) is 18.4. The summed E-state index contributed by atoms with van der Waals surface area (Å²) in [6.45, 7) is 2.61. The van der Waals surface area contributed by atoms with Gasteiger partial charge < -0.3 is 19.2 Å². The van der Waals surface area contributed by atoms with Crippen LogP contribution >= 0.6 is 0 Å². The molecule has 2 aromatic rings. The fraction of sp³-hybridized carbons (Fsp3) is 0.333. The number of Topliss-reactive ketones (excluding diaryl/α,β-unsaturated/α-hetero) is 1. The van der Waals surface area contributed by atoms with Crippen molar-refractivity contribution in [3.8, 4) is 0 Å². The lowest BCUT2D eigenvalue weighted by Gasteiger charge is -2.25. The van der Waals surface area contributed by atoms with Gasteiger partial charge >= 0.3 is 0 Å². The second-order valence-corrected chi connectivity index (χ2v) is 7.04. The molecule has 0 aliphatic carbocycles. The number of ketones is 1. The van der Waals surface area contributed by atoms with Crippen molar-refractivity contribution >= 4 is 17.4 Å². The van der Waals surface area contributed by atoms with Crippen LogP contribution in [-0.2, 0) is 14.3 Å². The minimum absolute atomic E-state index is 0.0658. The minimum Gasteiger partial charge on any atom is -0.507 e. The Labute approximate surface area is 161 Å². The number of benzene rings is 1. The minimum atomic E-state index is -0.858. The summed E-state index contributed by atoms with van der Waals surface area (Å²) in [7, 11) is 0. The van der Waals surface area contributed by atoms with Crippen LogP contribution in [0.25, 0.3) is 5.76 Å². The van der Waals surface area contributed by atoms with E-state index in [9.17, 15) is 19.1 Å². The van der Waals surface area contributed by atoms with Crippen LogP contribution in [0.2, 0.25) is 0 Å². The first-order valence-electron chi connectivity index (χ1n) is 9.18. The maximum absolute atomic E-state index is 13.2. The quantitative estimate of drug-likeness (QED) is 0.496. The highest BCUT2D eigenvalue weighted by Gasteiger charge is 2.48. The number of hydrogen-bond donors (Lipinski definition) is 1. The van der Waals surface area contributed by atoms with Crippen LogP contribution in [0.3, 0.4) is 0 Å². The fourth-order valence-electron chi connectivity index (χ4n) is 3.74. The molecule has 2 aliphatic heterocycles. The SMILES string of the molecule is Cc1ccc(C2/C(=C(\O)c3ccc(F)cc3)C(=O)C(=O)N2CC2CCCO2)o1. The Hall–Kier alpha value is -2.93. The maximum atomic E-state index is 13.2. The predicted octanol–water partition coefficient (Wildman–Crippen LogP) is 3.33. The average molecular weight is 385 g/mol. The Balaban J connectivity index is 1.80. The van der Waals surface area contributed by atoms with Crippen molar-refractivity contribution < 1.29 is 28.2 Å². The molecule has 4 rings (SSSR count). The Morgan fingerprint density at radius 1 is 1.21 bits per heavy atom. The molecule has 0 radical (unpaired) electrons. The Morgan fingerprint density at radius 3 is 2.57 bits per heavy atom. The largest absolute Gasteiger partial charge is 0.507 e. The van der Waals surface area contributed by atoms with Gasteiger partial charge in [-0.15, -0.1) is 0 Å². The number of carbonyl (C=O) groups is 2. The highest BCUT2D eigenvalue weighted by Crippen LogP contribution is 2.40. The summed E-state index contributed by atoms with van der Waals surface area (Å²) in [4.78, 5) is 26.9. The zero-order valence-corrected chi connectivity index (χ0v) is 15.4. The van der Waals surface area contributed by atoms with Crippen LogP contribution in [0.1, 0.15) is 36.0 Å². The van der Waals surface area contributed by atoms with Crippen LogP contribution in [0, 0.1) is 12.7 Å². The maximum Gasteiger partial charge on any atom is 0.295 e. The predicted molar refractivity (Wildman–Crippen MR) is 97.8 cm³/mol. The second kappa shape index (κ2) is 7.24. The van der Waals surface area contributed by atoms with Crippen molar-refractivity contribution in [3.05, 3.63) is 64.9 Å². The Kier molecular flexibility index (Phi) is 4.77. The third-order valence-corrected chi connectivity index (χ3v) is 5.11. The second-order valence-electron chi connectivity index (χ2n) is 7.04. The first-order chi connectivity index (χ1) is 13.5. The van der Waals surface area contributed by atoms with E-state index in [4.69, 9.17) is 9.15 Å². The lowest BCUT2D eigenvalue weighted by atomic mass is 9.99. The van der Waals surface area contributed by atoms with Crippen molar-refractivity contribution in [1.82, 2.24) is 4.90 Å². The molecule has 0 spiro atoms. The molecule has 2 saturated heterocycles. The number of amides is 1. The highest BCUT2D eigenvalue weighted by molar-refractivity contribution is 6.46. The van der Waals surface area contributed by atoms with Gasteiger partial charge in [-0.2, -0.15) is 0 Å². The smallest absolute Gasteiger partial charge is 0.295 e. The number of aliphatic hydroxyl groups is 1. The van der Waals surface area contributed by atoms with Gasteiger partial charge in [0.15, 0.2) is 0 Å². The summed E-state index contributed by atoms with van der Waals surface area (Å²) in [5.74, 6) is -1.31. The topological polar surface area (TPSA) is 80.0 Å². The van der Waals surface area contributed by atoms with Gasteiger partial charge in [0.05, 0.1) is 11.7 Å². The molecule has 6 nitrogen and oxygen atoms in total. The molecule has 28 heavy (non-hydrogen) atoms. The molecule has 1 aromatic carbocycles. The summed E-state index contributed by atoms with van der Waals surface area (Å²) in [5.41, 5.74) is 0.189. The molecular weight excluding hydrogens is 365 g/mol. The van der Waals surface area contributed by atoms with Crippen molar-refractivity contribution in [1.29, 1.82) is 0 Å². The molecule has 2 unspecified atom stereocenters. The molecule has 146 valence electrons. The van der Waals surface area contributed by atoms with E-state index in [-0.39, 0.29) is 29.5 Å². The number of aliphatic hydroxyl groups excluding tert-OH is 1. The number of ether oxygens (including phenoxy) is 1. The third-order valence-electron chi connectivity index (χ3n) is 5.11. The van der Waals surface area contributed by atoms with E-state index in [1.54, 1.807) is 19.1 Å². The monoisotopic (exact) mass is 385 g/mol. The number of rotatable bonds is 4. The molecular formula is C21H20FNO5. The fourth-order valence-corrected chi connectivity index (χ4v) is 3.74. The van der Waals surface area contributed by atoms with E-state index >= 15 is 0 Å². The van der Waals surface area contributed by atoms with E-state index in [0.29, 0.717) is 18.1 Å². The summed E-state index contributed by atoms with van der Waals surface area (Å²) in [6, 6.07) is 7.66. The van der Waals surface area contributed by atoms with E-state index in [2.05, 4.69) is 0 Å². The number of hydrogen-bond acceptors (Lipinski definition) is 5. The molecule has 1 aromatic heterocycles. The van der Waals surface area contributed by atoms with Crippen molar-refractivity contribution in [2.24, 2.45) is 0 Å². The number of halogens is 1. The van der Waals surface area contributed by atoms with Crippen molar-refractivity contribution in [2.75, 3.05) is 13.2 Å². The molecule has 3 heterocycles. The molecule has 1 amide bonds. The summed E-state index contributed by atoms with van der Waals surface area (Å²) in [6.07, 6.45) is 1.53. The van der Waals surface area contributed by atoms with Gasteiger partial charge in [0.25, 0.3) is 11.7 Å². The summed E-state index contributed by atoms with van der Waals surface area (Å²) < 4.78 is 24.6. The van der Waals surface area contributed by atoms with E-state index in [1.165, 1.54) is 29.2 Å². The molecule has 2 fully saturated rings. The molecule has 1 N–H and O–H groups in total. The lowest BCUT2D eigenvalue weighted by Crippen LogP contribution is -2.36. The van der Waals surface area contributed by atoms with Gasteiger partial charge in [0.1, 0.15) is 29.1 Å². The zero-order valence-electron chi connectivity index (χ0n) is 15.4. The van der Waals surface area contributed by atoms with Gasteiger partial charge in [0, 0.05) is 18.7 Å². The van der Waals surface area contributed by atoms with Gasteiger partial charge in [0.2, 0.25) is 0 Å². The highest BCUT2D eigenvalue weighted by atomic mass is 19.1. The van der Waals surface area contributed by atoms with Gasteiger partial charge in [-0.1, -0.05) is 0 Å². The molecule has 2 aliphatic rings. The van der Waals surface area contributed by atoms with E-state index in [1.807, 2.05) is 0 Å². The van der Waals surface area contributed by atoms with Crippen molar-refractivity contribution in [3.63, 3.8) is 0 Å². The standard InChI is InChI=1S/C21H20FNO5/c1-12-4-9-16(28-12)18-17(19(24)13-5-7-14(22)8-6-13)20(25)21(26)23(18)11-15-3-2-10-27-15/h4-9,15,18,24H,2-3,10-11H2,1H3/b19-17+. The molecule has 0 bridgehead atoms. The van der Waals surface area contributed by atoms with Crippen LogP contribution in [-0.4, -0.2) is 41.0 Å². The number of aryl methyl sites for hydroxylation is 1. The molecule has 7 heteroatoms. The number of nitrogens with zero attached hydrogens (tertiary/aromatic N) is 1. The average Bonchev–Trinajstić information content (AvgIpc) is 3.39. The van der Waals surface area contributed by atoms with Crippen LogP contribution in [0.15, 0.2) is 46.4 Å². The number of likely N-dealkylation sites (tertiary alicyclic amines) is 1. The van der Waals surface area contributed by atoms with Crippen molar-refractivity contribution in [2.45, 2.75) is 31.9 Å². The summed E-state index contributed by atoms with van der Waals surface area (Å²) in [5, 5.41) is 10.8. The first-order valence-corrected chi connectivity index (χ1v) is 9.18. The van der Waals surface area contributed by atoms with Crippen LogP contribution in [0.5, 0.6) is 0 Å². The lowest BCUT2D eigenvalue weighted by molar-refractivity contribution is -0.141. The molecule has 0 saturated carbocycles. The molecule has 2 atom stereocenters. The zero-order chi connectivity index (χ0) is 19.8. The van der Waals surface area contributed by atoms with Gasteiger partial charge in [-0.25, -0.2) is 4.39 Å². The normalized spacial score (nSPS) is 24.3. The van der Waals surface area contributed by atoms with Crippen LogP contribution < -0.4 is 0 Å². The van der Waals surface area contributed by atoms with Crippen LogP contribution in [0.4, 0.5) is 4.39 Å². The Morgan fingerprint density at radius 2 is 1.96 bits per heavy atom. The van der Waals surface area contributed by atoms with Gasteiger partial charge in [-0.3, -0.25) is 9.59 Å².